The molecule has 1 heterocycles. The van der Waals surface area contributed by atoms with Gasteiger partial charge in [0, 0.05) is 21.5 Å². The van der Waals surface area contributed by atoms with Gasteiger partial charge >= 0.3 is 0 Å². The molecular weight excluding hydrogens is 478 g/mol. The van der Waals surface area contributed by atoms with Crippen LogP contribution in [0.1, 0.15) is 12.5 Å². The van der Waals surface area contributed by atoms with Gasteiger partial charge in [0.05, 0.1) is 10.9 Å². The maximum absolute atomic E-state index is 12.7. The van der Waals surface area contributed by atoms with E-state index in [9.17, 15) is 9.59 Å². The Bertz CT molecular complexity index is 1290. The van der Waals surface area contributed by atoms with E-state index in [0.717, 1.165) is 16.2 Å². The fourth-order valence-corrected chi connectivity index (χ4v) is 4.81. The molecule has 2 N–H and O–H groups in total. The van der Waals surface area contributed by atoms with Gasteiger partial charge in [-0.15, -0.1) is 23.1 Å². The number of amides is 2. The molecule has 8 heteroatoms. The normalized spacial score (nSPS) is 11.5. The average molecular weight is 504 g/mol. The van der Waals surface area contributed by atoms with Crippen molar-refractivity contribution in [1.82, 2.24) is 4.98 Å². The second kappa shape index (κ2) is 11.7. The summed E-state index contributed by atoms with van der Waals surface area (Å²) in [7, 11) is 0. The summed E-state index contributed by atoms with van der Waals surface area (Å²) < 4.78 is 5.48. The van der Waals surface area contributed by atoms with Crippen LogP contribution in [-0.2, 0) is 9.59 Å². The number of benzene rings is 3. The molecule has 0 aliphatic rings. The third-order valence-electron chi connectivity index (χ3n) is 4.99. The minimum absolute atomic E-state index is 0.0847. The van der Waals surface area contributed by atoms with Gasteiger partial charge in [0.15, 0.2) is 11.7 Å². The van der Waals surface area contributed by atoms with Crippen LogP contribution in [0.2, 0.25) is 0 Å². The summed E-state index contributed by atoms with van der Waals surface area (Å²) in [5, 5.41) is 7.89. The molecule has 4 rings (SSSR count). The number of nitrogens with one attached hydrogen (secondary N) is 2. The molecule has 2 amide bonds. The molecule has 0 fully saturated rings. The van der Waals surface area contributed by atoms with E-state index in [1.807, 2.05) is 79.9 Å². The molecule has 0 aliphatic heterocycles. The number of aryl methyl sites for hydroxylation is 1. The first-order chi connectivity index (χ1) is 17.0. The van der Waals surface area contributed by atoms with Crippen molar-refractivity contribution >= 4 is 45.7 Å². The summed E-state index contributed by atoms with van der Waals surface area (Å²) >= 11 is 2.81. The number of aromatic nitrogens is 1. The molecule has 1 aromatic heterocycles. The third kappa shape index (κ3) is 7.18. The highest BCUT2D eigenvalue weighted by molar-refractivity contribution is 8.00. The second-order valence-corrected chi connectivity index (χ2v) is 10.1. The maximum atomic E-state index is 12.7. The Morgan fingerprint density at radius 2 is 1.77 bits per heavy atom. The number of hydrogen-bond donors (Lipinski definition) is 2. The van der Waals surface area contributed by atoms with Gasteiger partial charge in [-0.25, -0.2) is 4.98 Å². The summed E-state index contributed by atoms with van der Waals surface area (Å²) in [5.74, 6) is 0.249. The van der Waals surface area contributed by atoms with E-state index in [4.69, 9.17) is 4.74 Å². The molecule has 35 heavy (non-hydrogen) atoms. The lowest BCUT2D eigenvalue weighted by Gasteiger charge is -2.12. The Morgan fingerprint density at radius 3 is 2.54 bits per heavy atom. The van der Waals surface area contributed by atoms with Crippen molar-refractivity contribution in [2.45, 2.75) is 24.0 Å². The van der Waals surface area contributed by atoms with Crippen molar-refractivity contribution in [3.8, 4) is 17.0 Å². The highest BCUT2D eigenvalue weighted by Crippen LogP contribution is 2.29. The molecule has 0 aliphatic carbocycles. The minimum Gasteiger partial charge on any atom is -0.484 e. The van der Waals surface area contributed by atoms with E-state index in [0.29, 0.717) is 16.6 Å². The first-order valence-corrected chi connectivity index (χ1v) is 12.8. The lowest BCUT2D eigenvalue weighted by Crippen LogP contribution is -2.22. The van der Waals surface area contributed by atoms with Gasteiger partial charge in [0.25, 0.3) is 5.91 Å². The van der Waals surface area contributed by atoms with E-state index < -0.39 is 0 Å². The molecule has 0 bridgehead atoms. The molecule has 1 atom stereocenters. The lowest BCUT2D eigenvalue weighted by molar-refractivity contribution is -0.118. The number of thioether (sulfide) groups is 1. The van der Waals surface area contributed by atoms with Gasteiger partial charge < -0.3 is 15.4 Å². The van der Waals surface area contributed by atoms with E-state index in [2.05, 4.69) is 15.6 Å². The minimum atomic E-state index is -0.353. The first kappa shape index (κ1) is 24.5. The van der Waals surface area contributed by atoms with Crippen LogP contribution in [-0.4, -0.2) is 28.7 Å². The first-order valence-electron chi connectivity index (χ1n) is 11.0. The fourth-order valence-electron chi connectivity index (χ4n) is 3.16. The molecule has 178 valence electrons. The Balaban J connectivity index is 1.29. The zero-order chi connectivity index (χ0) is 24.6. The standard InChI is InChI=1S/C27H25N3O3S2/c1-18-11-13-20(14-12-18)24-17-34-27(29-24)30-26(32)19(2)35-23-10-6-7-21(15-23)28-25(31)16-33-22-8-4-3-5-9-22/h3-15,17,19H,16H2,1-2H3,(H,28,31)(H,29,30,32). The van der Waals surface area contributed by atoms with Gasteiger partial charge in [-0.05, 0) is 44.2 Å². The van der Waals surface area contributed by atoms with Crippen LogP contribution in [0, 0.1) is 6.92 Å². The molecule has 3 aromatic carbocycles. The molecular formula is C27H25N3O3S2. The molecule has 1 unspecified atom stereocenters. The van der Waals surface area contributed by atoms with Crippen LogP contribution >= 0.6 is 23.1 Å². The average Bonchev–Trinajstić information content (AvgIpc) is 3.32. The number of ether oxygens (including phenoxy) is 1. The zero-order valence-corrected chi connectivity index (χ0v) is 21.0. The lowest BCUT2D eigenvalue weighted by atomic mass is 10.1. The smallest absolute Gasteiger partial charge is 0.262 e. The quantitative estimate of drug-likeness (QED) is 0.264. The maximum Gasteiger partial charge on any atom is 0.262 e. The largest absolute Gasteiger partial charge is 0.484 e. The van der Waals surface area contributed by atoms with Gasteiger partial charge in [-0.2, -0.15) is 0 Å². The SMILES string of the molecule is Cc1ccc(-c2csc(NC(=O)C(C)Sc3cccc(NC(=O)COc4ccccc4)c3)n2)cc1. The molecule has 0 saturated carbocycles. The summed E-state index contributed by atoms with van der Waals surface area (Å²) in [6, 6.07) is 24.7. The Kier molecular flexibility index (Phi) is 8.18. The van der Waals surface area contributed by atoms with E-state index >= 15 is 0 Å². The van der Waals surface area contributed by atoms with Crippen LogP contribution in [0.4, 0.5) is 10.8 Å². The molecule has 0 saturated heterocycles. The van der Waals surface area contributed by atoms with Gasteiger partial charge in [-0.3, -0.25) is 9.59 Å². The number of carbonyl (C=O) groups is 2. The summed E-state index contributed by atoms with van der Waals surface area (Å²) in [4.78, 5) is 30.4. The molecule has 4 aromatic rings. The van der Waals surface area contributed by atoms with E-state index in [-0.39, 0.29) is 23.7 Å². The van der Waals surface area contributed by atoms with Crippen LogP contribution in [0.25, 0.3) is 11.3 Å². The molecule has 0 radical (unpaired) electrons. The van der Waals surface area contributed by atoms with E-state index in [1.165, 1.54) is 28.7 Å². The number of carbonyl (C=O) groups excluding carboxylic acids is 2. The van der Waals surface area contributed by atoms with Gasteiger partial charge in [0.1, 0.15) is 5.75 Å². The monoisotopic (exact) mass is 503 g/mol. The van der Waals surface area contributed by atoms with Crippen molar-refractivity contribution in [2.24, 2.45) is 0 Å². The van der Waals surface area contributed by atoms with Crippen LogP contribution in [0.15, 0.2) is 89.1 Å². The van der Waals surface area contributed by atoms with Crippen LogP contribution < -0.4 is 15.4 Å². The number of anilines is 2. The Hall–Kier alpha value is -3.62. The zero-order valence-electron chi connectivity index (χ0n) is 19.4. The molecule has 0 spiro atoms. The third-order valence-corrected chi connectivity index (χ3v) is 6.85. The number of nitrogens with zero attached hydrogens (tertiary/aromatic N) is 1. The van der Waals surface area contributed by atoms with Crippen molar-refractivity contribution in [3.63, 3.8) is 0 Å². The van der Waals surface area contributed by atoms with Gasteiger partial charge in [-0.1, -0.05) is 54.1 Å². The van der Waals surface area contributed by atoms with Crippen molar-refractivity contribution in [1.29, 1.82) is 0 Å². The van der Waals surface area contributed by atoms with Gasteiger partial charge in [0.2, 0.25) is 5.91 Å². The number of rotatable bonds is 9. The summed E-state index contributed by atoms with van der Waals surface area (Å²) in [6.45, 7) is 3.80. The highest BCUT2D eigenvalue weighted by Gasteiger charge is 2.17. The predicted molar refractivity (Wildman–Crippen MR) is 143 cm³/mol. The van der Waals surface area contributed by atoms with Crippen LogP contribution in [0.5, 0.6) is 5.75 Å². The number of para-hydroxylation sites is 1. The highest BCUT2D eigenvalue weighted by atomic mass is 32.2. The van der Waals surface area contributed by atoms with Crippen molar-refractivity contribution < 1.29 is 14.3 Å². The molecule has 6 nitrogen and oxygen atoms in total. The predicted octanol–water partition coefficient (Wildman–Crippen LogP) is 6.26. The Morgan fingerprint density at radius 1 is 1.00 bits per heavy atom. The van der Waals surface area contributed by atoms with Crippen molar-refractivity contribution in [3.05, 3.63) is 89.8 Å². The topological polar surface area (TPSA) is 80.3 Å². The second-order valence-electron chi connectivity index (χ2n) is 7.83. The Labute approximate surface area is 212 Å². The summed E-state index contributed by atoms with van der Waals surface area (Å²) in [5.41, 5.74) is 3.69. The van der Waals surface area contributed by atoms with Crippen molar-refractivity contribution in [2.75, 3.05) is 17.2 Å². The van der Waals surface area contributed by atoms with E-state index in [1.54, 1.807) is 18.2 Å². The fraction of sp³-hybridized carbons (Fsp3) is 0.148. The number of hydrogen-bond acceptors (Lipinski definition) is 6. The van der Waals surface area contributed by atoms with Crippen LogP contribution in [0.3, 0.4) is 0 Å². The summed E-state index contributed by atoms with van der Waals surface area (Å²) in [6.07, 6.45) is 0. The number of thiazole rings is 1.